The Labute approximate surface area is 244 Å². The first kappa shape index (κ1) is 27.3. The SMILES string of the molecule is CN1CC(=O)N2[C@@H](Cc3ccc(O)cc3)C(=O)N(Cc3ccc4ccccc4c3)C[C@@H]2N1C(=O)NCc1ccccc1. The van der Waals surface area contributed by atoms with Crippen LogP contribution in [0.3, 0.4) is 0 Å². The maximum absolute atomic E-state index is 14.1. The molecule has 0 spiro atoms. The van der Waals surface area contributed by atoms with Crippen LogP contribution in [0.25, 0.3) is 10.8 Å². The number of aromatic hydroxyl groups is 1. The van der Waals surface area contributed by atoms with Crippen molar-refractivity contribution in [3.05, 3.63) is 114 Å². The predicted octanol–water partition coefficient (Wildman–Crippen LogP) is 3.73. The van der Waals surface area contributed by atoms with Gasteiger partial charge in [-0.2, -0.15) is 0 Å². The number of nitrogens with one attached hydrogen (secondary N) is 1. The summed E-state index contributed by atoms with van der Waals surface area (Å²) in [6.07, 6.45) is -0.425. The molecule has 42 heavy (non-hydrogen) atoms. The Morgan fingerprint density at radius 1 is 0.857 bits per heavy atom. The van der Waals surface area contributed by atoms with Crippen molar-refractivity contribution >= 4 is 28.6 Å². The Balaban J connectivity index is 1.32. The summed E-state index contributed by atoms with van der Waals surface area (Å²) in [5, 5.41) is 18.2. The fourth-order valence-electron chi connectivity index (χ4n) is 5.91. The summed E-state index contributed by atoms with van der Waals surface area (Å²) in [6.45, 7) is 0.824. The molecule has 2 heterocycles. The number of likely N-dealkylation sites (N-methyl/N-ethyl adjacent to an activating group) is 1. The zero-order valence-electron chi connectivity index (χ0n) is 23.4. The van der Waals surface area contributed by atoms with E-state index in [9.17, 15) is 19.5 Å². The number of carbonyl (C=O) groups is 3. The quantitative estimate of drug-likeness (QED) is 0.373. The number of hydrogen-bond donors (Lipinski definition) is 2. The molecular formula is C33H33N5O4. The maximum atomic E-state index is 14.1. The third-order valence-electron chi connectivity index (χ3n) is 7.99. The molecule has 0 aromatic heterocycles. The van der Waals surface area contributed by atoms with Crippen LogP contribution < -0.4 is 5.32 Å². The minimum Gasteiger partial charge on any atom is -0.508 e. The number of benzene rings is 4. The highest BCUT2D eigenvalue weighted by Crippen LogP contribution is 2.29. The molecular weight excluding hydrogens is 530 g/mol. The second-order valence-corrected chi connectivity index (χ2v) is 10.9. The van der Waals surface area contributed by atoms with Gasteiger partial charge in [-0.3, -0.25) is 9.59 Å². The van der Waals surface area contributed by atoms with Crippen LogP contribution in [0.5, 0.6) is 5.75 Å². The summed E-state index contributed by atoms with van der Waals surface area (Å²) >= 11 is 0. The fraction of sp³-hybridized carbons (Fsp3) is 0.242. The minimum atomic E-state index is -0.806. The highest BCUT2D eigenvalue weighted by atomic mass is 16.3. The number of hydrazine groups is 1. The van der Waals surface area contributed by atoms with Crippen LogP contribution in [-0.2, 0) is 29.1 Å². The fourth-order valence-corrected chi connectivity index (χ4v) is 5.91. The molecule has 2 aliphatic rings. The van der Waals surface area contributed by atoms with E-state index in [-0.39, 0.29) is 43.1 Å². The van der Waals surface area contributed by atoms with Gasteiger partial charge in [-0.15, -0.1) is 0 Å². The van der Waals surface area contributed by atoms with E-state index >= 15 is 0 Å². The van der Waals surface area contributed by atoms with Gasteiger partial charge in [-0.1, -0.05) is 78.9 Å². The molecule has 6 rings (SSSR count). The second-order valence-electron chi connectivity index (χ2n) is 10.9. The van der Waals surface area contributed by atoms with Gasteiger partial charge in [0.05, 0.1) is 13.1 Å². The molecule has 9 nitrogen and oxygen atoms in total. The first-order valence-electron chi connectivity index (χ1n) is 14.0. The number of nitrogens with zero attached hydrogens (tertiary/aromatic N) is 4. The number of rotatable bonds is 6. The normalized spacial score (nSPS) is 19.2. The molecule has 9 heteroatoms. The third kappa shape index (κ3) is 5.51. The Kier molecular flexibility index (Phi) is 7.50. The molecule has 2 aliphatic heterocycles. The highest BCUT2D eigenvalue weighted by molar-refractivity contribution is 5.92. The molecule has 0 bridgehead atoms. The Morgan fingerprint density at radius 3 is 2.31 bits per heavy atom. The van der Waals surface area contributed by atoms with Gasteiger partial charge in [-0.25, -0.2) is 14.8 Å². The summed E-state index contributed by atoms with van der Waals surface area (Å²) in [5.41, 5.74) is 2.74. The monoisotopic (exact) mass is 563 g/mol. The van der Waals surface area contributed by atoms with Crippen LogP contribution in [0.2, 0.25) is 0 Å². The maximum Gasteiger partial charge on any atom is 0.334 e. The van der Waals surface area contributed by atoms with Gasteiger partial charge in [-0.05, 0) is 45.7 Å². The van der Waals surface area contributed by atoms with Crippen molar-refractivity contribution in [1.82, 2.24) is 25.1 Å². The summed E-state index contributed by atoms with van der Waals surface area (Å²) in [7, 11) is 1.72. The number of piperazine rings is 1. The van der Waals surface area contributed by atoms with Crippen molar-refractivity contribution in [2.75, 3.05) is 20.1 Å². The lowest BCUT2D eigenvalue weighted by atomic mass is 9.98. The molecule has 2 saturated heterocycles. The van der Waals surface area contributed by atoms with E-state index in [2.05, 4.69) is 11.4 Å². The van der Waals surface area contributed by atoms with Gasteiger partial charge in [0.2, 0.25) is 11.8 Å². The van der Waals surface area contributed by atoms with Crippen LogP contribution in [0.4, 0.5) is 4.79 Å². The van der Waals surface area contributed by atoms with E-state index in [0.717, 1.165) is 27.5 Å². The summed E-state index contributed by atoms with van der Waals surface area (Å²) in [6, 6.07) is 29.3. The lowest BCUT2D eigenvalue weighted by Gasteiger charge is -2.54. The van der Waals surface area contributed by atoms with E-state index in [0.29, 0.717) is 13.1 Å². The zero-order valence-corrected chi connectivity index (χ0v) is 23.4. The molecule has 2 N–H and O–H groups in total. The van der Waals surface area contributed by atoms with E-state index in [4.69, 9.17) is 0 Å². The van der Waals surface area contributed by atoms with Crippen molar-refractivity contribution < 1.29 is 19.5 Å². The lowest BCUT2D eigenvalue weighted by Crippen LogP contribution is -2.76. The zero-order chi connectivity index (χ0) is 29.2. The van der Waals surface area contributed by atoms with Gasteiger partial charge in [0, 0.05) is 26.6 Å². The summed E-state index contributed by atoms with van der Waals surface area (Å²) < 4.78 is 0. The van der Waals surface area contributed by atoms with Gasteiger partial charge in [0.15, 0.2) is 0 Å². The lowest BCUT2D eigenvalue weighted by molar-refractivity contribution is -0.187. The van der Waals surface area contributed by atoms with Crippen molar-refractivity contribution in [1.29, 1.82) is 0 Å². The molecule has 4 aromatic rings. The largest absolute Gasteiger partial charge is 0.508 e. The molecule has 0 aliphatic carbocycles. The molecule has 0 saturated carbocycles. The van der Waals surface area contributed by atoms with Crippen LogP contribution in [0.15, 0.2) is 97.1 Å². The topological polar surface area (TPSA) is 96.4 Å². The Bertz CT molecular complexity index is 1610. The molecule has 4 amide bonds. The number of fused-ring (bicyclic) bond motifs is 2. The second kappa shape index (κ2) is 11.5. The average molecular weight is 564 g/mol. The number of phenols is 1. The standard InChI is InChI=1S/C33H33N5O4/c1-35-22-31(40)37-29(18-23-12-15-28(39)16-13-23)32(41)36(20-25-11-14-26-9-5-6-10-27(26)17-25)21-30(37)38(35)33(42)34-19-24-7-3-2-4-8-24/h2-17,29-30,39H,18-22H2,1H3,(H,34,42)/t29-,30-/m0/s1. The molecule has 0 unspecified atom stereocenters. The van der Waals surface area contributed by atoms with Gasteiger partial charge in [0.1, 0.15) is 18.0 Å². The van der Waals surface area contributed by atoms with E-state index in [1.807, 2.05) is 66.7 Å². The smallest absolute Gasteiger partial charge is 0.334 e. The average Bonchev–Trinajstić information content (AvgIpc) is 2.99. The molecule has 0 radical (unpaired) electrons. The highest BCUT2D eigenvalue weighted by Gasteiger charge is 2.50. The van der Waals surface area contributed by atoms with Crippen LogP contribution in [0, 0.1) is 0 Å². The van der Waals surface area contributed by atoms with E-state index in [1.54, 1.807) is 51.1 Å². The number of urea groups is 1. The van der Waals surface area contributed by atoms with Gasteiger partial charge in [0.25, 0.3) is 0 Å². The van der Waals surface area contributed by atoms with Crippen molar-refractivity contribution in [3.8, 4) is 5.75 Å². The summed E-state index contributed by atoms with van der Waals surface area (Å²) in [4.78, 5) is 44.6. The minimum absolute atomic E-state index is 0.0285. The molecule has 4 aromatic carbocycles. The Morgan fingerprint density at radius 2 is 1.55 bits per heavy atom. The number of hydrogen-bond acceptors (Lipinski definition) is 5. The van der Waals surface area contributed by atoms with Crippen LogP contribution >= 0.6 is 0 Å². The van der Waals surface area contributed by atoms with Crippen molar-refractivity contribution in [2.24, 2.45) is 0 Å². The molecule has 2 atom stereocenters. The van der Waals surface area contributed by atoms with Crippen molar-refractivity contribution in [2.45, 2.75) is 31.7 Å². The number of carbonyl (C=O) groups excluding carboxylic acids is 3. The molecule has 214 valence electrons. The third-order valence-corrected chi connectivity index (χ3v) is 7.99. The summed E-state index contributed by atoms with van der Waals surface area (Å²) in [5.74, 6) is -0.256. The first-order chi connectivity index (χ1) is 20.4. The van der Waals surface area contributed by atoms with Crippen molar-refractivity contribution in [3.63, 3.8) is 0 Å². The predicted molar refractivity (Wildman–Crippen MR) is 159 cm³/mol. The van der Waals surface area contributed by atoms with Gasteiger partial charge >= 0.3 is 6.03 Å². The van der Waals surface area contributed by atoms with E-state index < -0.39 is 12.2 Å². The first-order valence-corrected chi connectivity index (χ1v) is 14.0. The Hall–Kier alpha value is -4.89. The van der Waals surface area contributed by atoms with Gasteiger partial charge < -0.3 is 20.2 Å². The number of amides is 4. The van der Waals surface area contributed by atoms with Crippen LogP contribution in [-0.4, -0.2) is 75.1 Å². The number of phenolic OH excluding ortho intramolecular Hbond substituents is 1. The molecule has 2 fully saturated rings. The van der Waals surface area contributed by atoms with E-state index in [1.165, 1.54) is 0 Å². The van der Waals surface area contributed by atoms with Crippen LogP contribution in [0.1, 0.15) is 16.7 Å².